The first-order valence-electron chi connectivity index (χ1n) is 15.0. The first kappa shape index (κ1) is 31.8. The highest BCUT2D eigenvalue weighted by atomic mass is 28.4. The van der Waals surface area contributed by atoms with E-state index in [1.807, 2.05) is 6.92 Å². The van der Waals surface area contributed by atoms with Crippen molar-refractivity contribution in [2.24, 2.45) is 11.3 Å². The van der Waals surface area contributed by atoms with E-state index < -0.39 is 16.6 Å². The molecule has 0 aromatic rings. The molecular weight excluding hydrogens is 501 g/mol. The van der Waals surface area contributed by atoms with Crippen LogP contribution < -0.4 is 0 Å². The maximum atomic E-state index is 10.4. The Hall–Kier alpha value is -0.726. The average Bonchev–Trinajstić information content (AvgIpc) is 3.10. The number of hydrogen-bond acceptors (Lipinski definition) is 3. The number of aliphatic hydroxyl groups is 1. The van der Waals surface area contributed by atoms with E-state index in [9.17, 15) is 5.11 Å². The van der Waals surface area contributed by atoms with Crippen molar-refractivity contribution in [3.63, 3.8) is 0 Å². The monoisotopic (exact) mass is 558 g/mol. The highest BCUT2D eigenvalue weighted by Gasteiger charge is 2.47. The van der Waals surface area contributed by atoms with Gasteiger partial charge in [0.25, 0.3) is 0 Å². The summed E-state index contributed by atoms with van der Waals surface area (Å²) in [6.45, 7) is 32.2. The van der Waals surface area contributed by atoms with Gasteiger partial charge in [-0.25, -0.2) is 0 Å². The Balaban J connectivity index is 1.93. The quantitative estimate of drug-likeness (QED) is 0.261. The van der Waals surface area contributed by atoms with Gasteiger partial charge < -0.3 is 14.0 Å². The highest BCUT2D eigenvalue weighted by molar-refractivity contribution is 6.74. The number of fused-ring (bicyclic) bond motifs is 1. The summed E-state index contributed by atoms with van der Waals surface area (Å²) in [5.74, 6) is 0.494. The van der Waals surface area contributed by atoms with E-state index in [1.54, 1.807) is 0 Å². The largest absolute Gasteiger partial charge is 0.413 e. The lowest BCUT2D eigenvalue weighted by Gasteiger charge is -2.45. The van der Waals surface area contributed by atoms with Gasteiger partial charge in [-0.1, -0.05) is 78.8 Å². The second-order valence-corrected chi connectivity index (χ2v) is 25.2. The lowest BCUT2D eigenvalue weighted by Crippen LogP contribution is -2.49. The Morgan fingerprint density at radius 3 is 2.16 bits per heavy atom. The smallest absolute Gasteiger partial charge is 0.192 e. The van der Waals surface area contributed by atoms with E-state index in [0.29, 0.717) is 5.92 Å². The number of rotatable bonds is 6. The Morgan fingerprint density at radius 1 is 1.03 bits per heavy atom. The molecule has 0 radical (unpaired) electrons. The van der Waals surface area contributed by atoms with E-state index >= 15 is 0 Å². The molecule has 1 N–H and O–H groups in total. The first-order valence-corrected chi connectivity index (χ1v) is 20.8. The molecule has 2 fully saturated rings. The summed E-state index contributed by atoms with van der Waals surface area (Å²) in [4.78, 5) is 0. The van der Waals surface area contributed by atoms with Crippen LogP contribution in [0.2, 0.25) is 36.3 Å². The second kappa shape index (κ2) is 10.9. The molecule has 0 aliphatic heterocycles. The molecule has 0 unspecified atom stereocenters. The molecule has 2 saturated carbocycles. The van der Waals surface area contributed by atoms with Crippen LogP contribution in [0, 0.1) is 11.3 Å². The first-order chi connectivity index (χ1) is 17.2. The fraction of sp³-hybridized carbons (Fsp3) is 0.758. The molecule has 0 saturated heterocycles. The van der Waals surface area contributed by atoms with E-state index in [2.05, 4.69) is 99.5 Å². The molecule has 3 aliphatic carbocycles. The van der Waals surface area contributed by atoms with Gasteiger partial charge in [0, 0.05) is 6.42 Å². The van der Waals surface area contributed by atoms with Gasteiger partial charge in [-0.3, -0.25) is 0 Å². The number of aliphatic hydroxyl groups excluding tert-OH is 1. The van der Waals surface area contributed by atoms with Crippen molar-refractivity contribution in [2.45, 2.75) is 148 Å². The van der Waals surface area contributed by atoms with Crippen molar-refractivity contribution >= 4 is 16.6 Å². The molecule has 38 heavy (non-hydrogen) atoms. The molecule has 3 rings (SSSR count). The molecule has 216 valence electrons. The van der Waals surface area contributed by atoms with Gasteiger partial charge in [-0.15, -0.1) is 0 Å². The summed E-state index contributed by atoms with van der Waals surface area (Å²) in [7, 11) is -3.89. The van der Waals surface area contributed by atoms with Gasteiger partial charge in [0.05, 0.1) is 18.3 Å². The normalized spacial score (nSPS) is 32.5. The van der Waals surface area contributed by atoms with Crippen molar-refractivity contribution in [3.05, 3.63) is 47.1 Å². The van der Waals surface area contributed by atoms with Gasteiger partial charge in [0.15, 0.2) is 16.6 Å². The third-order valence-electron chi connectivity index (χ3n) is 10.8. The van der Waals surface area contributed by atoms with Crippen molar-refractivity contribution in [3.8, 4) is 0 Å². The fourth-order valence-corrected chi connectivity index (χ4v) is 8.93. The summed E-state index contributed by atoms with van der Waals surface area (Å²) in [6, 6.07) is 0. The Labute approximate surface area is 237 Å². The van der Waals surface area contributed by atoms with Crippen LogP contribution in [0.25, 0.3) is 0 Å². The summed E-state index contributed by atoms with van der Waals surface area (Å²) in [5, 5.41) is 10.8. The van der Waals surface area contributed by atoms with Gasteiger partial charge in [-0.2, -0.15) is 0 Å². The Kier molecular flexibility index (Phi) is 9.14. The number of hydrogen-bond donors (Lipinski definition) is 1. The molecule has 3 nitrogen and oxygen atoms in total. The topological polar surface area (TPSA) is 38.7 Å². The van der Waals surface area contributed by atoms with E-state index in [0.717, 1.165) is 31.3 Å². The third-order valence-corrected chi connectivity index (χ3v) is 19.8. The SMILES string of the molecule is C=C1C(=CC=C2CCC[C@]3(C)C([C@@H](C)O)=CC[C@@H]23)C[C@@H](O[Si](C)(C)C(C)(C)C)C[C@@H]1O[Si](C)(C)C(C)(C)C. The van der Waals surface area contributed by atoms with Crippen molar-refractivity contribution in [1.29, 1.82) is 0 Å². The minimum Gasteiger partial charge on any atom is -0.413 e. The van der Waals surface area contributed by atoms with Gasteiger partial charge in [-0.05, 0) is 103 Å². The lowest BCUT2D eigenvalue weighted by molar-refractivity contribution is 0.0969. The van der Waals surface area contributed by atoms with Crippen LogP contribution in [-0.4, -0.2) is 40.1 Å². The van der Waals surface area contributed by atoms with Crippen LogP contribution >= 0.6 is 0 Å². The van der Waals surface area contributed by atoms with Crippen LogP contribution in [0.1, 0.15) is 93.9 Å². The van der Waals surface area contributed by atoms with Gasteiger partial charge >= 0.3 is 0 Å². The van der Waals surface area contributed by atoms with Crippen LogP contribution in [-0.2, 0) is 8.85 Å². The van der Waals surface area contributed by atoms with E-state index in [-0.39, 0.29) is 33.8 Å². The summed E-state index contributed by atoms with van der Waals surface area (Å²) >= 11 is 0. The summed E-state index contributed by atoms with van der Waals surface area (Å²) in [6.07, 6.45) is 13.2. The maximum Gasteiger partial charge on any atom is 0.192 e. The molecule has 0 bridgehead atoms. The molecule has 0 aromatic carbocycles. The predicted octanol–water partition coefficient (Wildman–Crippen LogP) is 9.49. The third kappa shape index (κ3) is 6.43. The molecule has 0 aromatic heterocycles. The van der Waals surface area contributed by atoms with E-state index in [4.69, 9.17) is 8.85 Å². The van der Waals surface area contributed by atoms with Crippen LogP contribution in [0.4, 0.5) is 0 Å². The van der Waals surface area contributed by atoms with Crippen LogP contribution in [0.3, 0.4) is 0 Å². The van der Waals surface area contributed by atoms with Crippen LogP contribution in [0.5, 0.6) is 0 Å². The number of allylic oxidation sites excluding steroid dienone is 4. The maximum absolute atomic E-state index is 10.4. The highest BCUT2D eigenvalue weighted by Crippen LogP contribution is 2.55. The van der Waals surface area contributed by atoms with Crippen molar-refractivity contribution < 1.29 is 14.0 Å². The van der Waals surface area contributed by atoms with Gasteiger partial charge in [0.2, 0.25) is 0 Å². The summed E-state index contributed by atoms with van der Waals surface area (Å²) < 4.78 is 14.0. The van der Waals surface area contributed by atoms with Crippen molar-refractivity contribution in [2.75, 3.05) is 0 Å². The molecule has 0 amide bonds. The zero-order valence-electron chi connectivity index (χ0n) is 26.8. The molecule has 0 heterocycles. The minimum absolute atomic E-state index is 0.00988. The molecule has 0 spiro atoms. The zero-order chi connectivity index (χ0) is 28.9. The molecular formula is C33H58O3Si2. The van der Waals surface area contributed by atoms with Crippen LogP contribution in [0.15, 0.2) is 47.1 Å². The average molecular weight is 559 g/mol. The fourth-order valence-electron chi connectivity index (χ4n) is 6.26. The van der Waals surface area contributed by atoms with E-state index in [1.165, 1.54) is 29.6 Å². The molecule has 5 heteroatoms. The lowest BCUT2D eigenvalue weighted by atomic mass is 9.63. The predicted molar refractivity (Wildman–Crippen MR) is 169 cm³/mol. The van der Waals surface area contributed by atoms with Crippen molar-refractivity contribution in [1.82, 2.24) is 0 Å². The molecule has 3 aliphatic rings. The molecule has 5 atom stereocenters. The summed E-state index contributed by atoms with van der Waals surface area (Å²) in [5.41, 5.74) is 5.30. The Bertz CT molecular complexity index is 987. The van der Waals surface area contributed by atoms with Gasteiger partial charge in [0.1, 0.15) is 0 Å². The second-order valence-electron chi connectivity index (χ2n) is 15.7. The zero-order valence-corrected chi connectivity index (χ0v) is 28.8. The standard InChI is InChI=1S/C33H58O3Si2/c1-23-26(17-16-25-15-14-20-33(9)28(24(2)34)18-19-29(25)33)21-27(35-37(10,11)31(3,4)5)22-30(23)36-38(12,13)32(6,7)8/h16-18,24,27,29-30,34H,1,14-15,19-22H2,2-13H3/t24-,27-,29+,30+,33-/m1/s1. The Morgan fingerprint density at radius 2 is 1.61 bits per heavy atom. The minimum atomic E-state index is -1.97.